The Morgan fingerprint density at radius 1 is 1.19 bits per heavy atom. The van der Waals surface area contributed by atoms with Crippen molar-refractivity contribution in [3.63, 3.8) is 0 Å². The summed E-state index contributed by atoms with van der Waals surface area (Å²) >= 11 is 5.73. The van der Waals surface area contributed by atoms with Crippen LogP contribution in [0.25, 0.3) is 0 Å². The molecule has 0 aromatic heterocycles. The normalized spacial score (nSPS) is 18.6. The quantitative estimate of drug-likeness (QED) is 0.817. The van der Waals surface area contributed by atoms with E-state index in [2.05, 4.69) is 0 Å². The molecule has 0 N–H and O–H groups in total. The second-order valence-corrected chi connectivity index (χ2v) is 6.12. The molecule has 0 atom stereocenters. The third-order valence-electron chi connectivity index (χ3n) is 2.60. The van der Waals surface area contributed by atoms with Gasteiger partial charge >= 0.3 is 0 Å². The predicted octanol–water partition coefficient (Wildman–Crippen LogP) is 2.33. The minimum atomic E-state index is -3.34. The van der Waals surface area contributed by atoms with Crippen molar-refractivity contribution < 1.29 is 8.42 Å². The summed E-state index contributed by atoms with van der Waals surface area (Å²) in [6.07, 6.45) is 3.89. The Morgan fingerprint density at radius 3 is 2.44 bits per heavy atom. The molecule has 0 bridgehead atoms. The Kier molecular flexibility index (Phi) is 3.52. The fourth-order valence-electron chi connectivity index (χ4n) is 1.71. The molecule has 87 valence electrons. The zero-order valence-corrected chi connectivity index (χ0v) is 10.3. The molecule has 0 aliphatic carbocycles. The molecule has 5 heteroatoms. The summed E-state index contributed by atoms with van der Waals surface area (Å²) in [4.78, 5) is 0.312. The Hall–Kier alpha value is -0.580. The molecule has 0 unspecified atom stereocenters. The fourth-order valence-corrected chi connectivity index (χ4v) is 3.29. The van der Waals surface area contributed by atoms with E-state index in [0.717, 1.165) is 12.8 Å². The van der Waals surface area contributed by atoms with Gasteiger partial charge in [0.2, 0.25) is 10.0 Å². The van der Waals surface area contributed by atoms with Crippen molar-refractivity contribution in [2.45, 2.75) is 17.7 Å². The number of hydrogen-bond acceptors (Lipinski definition) is 2. The lowest BCUT2D eigenvalue weighted by Crippen LogP contribution is -2.35. The van der Waals surface area contributed by atoms with E-state index in [1.807, 2.05) is 6.42 Å². The number of sulfonamides is 1. The van der Waals surface area contributed by atoms with Crippen LogP contribution in [-0.2, 0) is 10.0 Å². The van der Waals surface area contributed by atoms with Crippen LogP contribution in [0.2, 0.25) is 5.02 Å². The van der Waals surface area contributed by atoms with Gasteiger partial charge in [-0.3, -0.25) is 0 Å². The second-order valence-electron chi connectivity index (χ2n) is 3.75. The van der Waals surface area contributed by atoms with Crippen LogP contribution in [0, 0.1) is 6.42 Å². The van der Waals surface area contributed by atoms with Crippen molar-refractivity contribution in [3.8, 4) is 0 Å². The number of piperidine rings is 1. The van der Waals surface area contributed by atoms with E-state index in [1.165, 1.54) is 4.31 Å². The van der Waals surface area contributed by atoms with E-state index in [4.69, 9.17) is 11.6 Å². The average molecular weight is 259 g/mol. The van der Waals surface area contributed by atoms with Gasteiger partial charge in [-0.25, -0.2) is 8.42 Å². The van der Waals surface area contributed by atoms with Gasteiger partial charge in [0.15, 0.2) is 0 Å². The molecule has 2 rings (SSSR count). The van der Waals surface area contributed by atoms with E-state index in [0.29, 0.717) is 23.0 Å². The first-order valence-corrected chi connectivity index (χ1v) is 7.00. The monoisotopic (exact) mass is 258 g/mol. The molecule has 1 aromatic carbocycles. The van der Waals surface area contributed by atoms with Gasteiger partial charge in [-0.15, -0.1) is 0 Å². The van der Waals surface area contributed by atoms with Crippen LogP contribution in [0.5, 0.6) is 0 Å². The highest BCUT2D eigenvalue weighted by Crippen LogP contribution is 2.21. The number of hydrogen-bond donors (Lipinski definition) is 0. The average Bonchev–Trinajstić information content (AvgIpc) is 2.31. The van der Waals surface area contributed by atoms with Crippen molar-refractivity contribution in [1.82, 2.24) is 4.31 Å². The molecular formula is C11H13ClNO2S. The summed E-state index contributed by atoms with van der Waals surface area (Å²) in [5.74, 6) is 0. The van der Waals surface area contributed by atoms with Crippen LogP contribution < -0.4 is 0 Å². The molecule has 16 heavy (non-hydrogen) atoms. The van der Waals surface area contributed by atoms with Gasteiger partial charge in [-0.05, 0) is 43.5 Å². The van der Waals surface area contributed by atoms with E-state index < -0.39 is 10.0 Å². The van der Waals surface area contributed by atoms with E-state index in [9.17, 15) is 8.42 Å². The van der Waals surface area contributed by atoms with Crippen molar-refractivity contribution in [1.29, 1.82) is 0 Å². The lowest BCUT2D eigenvalue weighted by molar-refractivity contribution is 0.391. The van der Waals surface area contributed by atoms with Crippen LogP contribution in [0.3, 0.4) is 0 Å². The maximum absolute atomic E-state index is 12.2. The molecule has 3 nitrogen and oxygen atoms in total. The zero-order chi connectivity index (χ0) is 11.6. The topological polar surface area (TPSA) is 37.4 Å². The van der Waals surface area contributed by atoms with Crippen molar-refractivity contribution >= 4 is 21.6 Å². The zero-order valence-electron chi connectivity index (χ0n) is 8.77. The molecule has 1 saturated heterocycles. The maximum atomic E-state index is 12.2. The summed E-state index contributed by atoms with van der Waals surface area (Å²) in [5.41, 5.74) is 0. The highest BCUT2D eigenvalue weighted by molar-refractivity contribution is 7.89. The van der Waals surface area contributed by atoms with Crippen LogP contribution in [-0.4, -0.2) is 25.8 Å². The van der Waals surface area contributed by atoms with Crippen LogP contribution >= 0.6 is 11.6 Å². The van der Waals surface area contributed by atoms with Crippen LogP contribution in [0.1, 0.15) is 12.8 Å². The van der Waals surface area contributed by atoms with Crippen molar-refractivity contribution in [3.05, 3.63) is 35.7 Å². The van der Waals surface area contributed by atoms with E-state index in [1.54, 1.807) is 24.3 Å². The molecule has 0 saturated carbocycles. The van der Waals surface area contributed by atoms with Gasteiger partial charge in [0.25, 0.3) is 0 Å². The number of halogens is 1. The SMILES string of the molecule is O=S(=O)(c1ccc(Cl)cc1)N1C[CH]CCC1. The molecule has 1 aliphatic heterocycles. The van der Waals surface area contributed by atoms with Gasteiger partial charge in [0, 0.05) is 18.1 Å². The second kappa shape index (κ2) is 4.73. The van der Waals surface area contributed by atoms with Gasteiger partial charge in [0.05, 0.1) is 4.90 Å². The first kappa shape index (κ1) is 11.9. The molecule has 1 radical (unpaired) electrons. The van der Waals surface area contributed by atoms with E-state index >= 15 is 0 Å². The lowest BCUT2D eigenvalue weighted by Gasteiger charge is -2.25. The summed E-state index contributed by atoms with van der Waals surface area (Å²) < 4.78 is 25.8. The summed E-state index contributed by atoms with van der Waals surface area (Å²) in [7, 11) is -3.34. The number of nitrogens with zero attached hydrogens (tertiary/aromatic N) is 1. The molecule has 0 spiro atoms. The first-order valence-electron chi connectivity index (χ1n) is 5.18. The van der Waals surface area contributed by atoms with Gasteiger partial charge in [0.1, 0.15) is 0 Å². The molecule has 1 heterocycles. The van der Waals surface area contributed by atoms with E-state index in [-0.39, 0.29) is 0 Å². The van der Waals surface area contributed by atoms with Crippen molar-refractivity contribution in [2.75, 3.05) is 13.1 Å². The van der Waals surface area contributed by atoms with Crippen molar-refractivity contribution in [2.24, 2.45) is 0 Å². The van der Waals surface area contributed by atoms with Crippen LogP contribution in [0.4, 0.5) is 0 Å². The molecular weight excluding hydrogens is 246 g/mol. The third-order valence-corrected chi connectivity index (χ3v) is 4.73. The summed E-state index contributed by atoms with van der Waals surface area (Å²) in [6.45, 7) is 1.10. The van der Waals surface area contributed by atoms with Gasteiger partial charge in [-0.2, -0.15) is 4.31 Å². The first-order chi connectivity index (χ1) is 7.60. The Bertz CT molecular complexity index is 449. The Balaban J connectivity index is 2.27. The summed E-state index contributed by atoms with van der Waals surface area (Å²) in [5, 5.41) is 0.546. The molecule has 1 aromatic rings. The highest BCUT2D eigenvalue weighted by atomic mass is 35.5. The third kappa shape index (κ3) is 2.39. The molecule has 1 aliphatic rings. The minimum Gasteiger partial charge on any atom is -0.207 e. The predicted molar refractivity (Wildman–Crippen MR) is 63.7 cm³/mol. The van der Waals surface area contributed by atoms with Crippen LogP contribution in [0.15, 0.2) is 29.2 Å². The minimum absolute atomic E-state index is 0.312. The molecule has 1 fully saturated rings. The highest BCUT2D eigenvalue weighted by Gasteiger charge is 2.25. The summed E-state index contributed by atoms with van der Waals surface area (Å²) in [6, 6.07) is 6.29. The largest absolute Gasteiger partial charge is 0.243 e. The number of rotatable bonds is 2. The Morgan fingerprint density at radius 2 is 1.88 bits per heavy atom. The number of benzene rings is 1. The maximum Gasteiger partial charge on any atom is 0.243 e. The molecule has 0 amide bonds. The Labute approximate surface area is 101 Å². The standard InChI is InChI=1S/C11H13ClNO2S/c12-10-4-6-11(7-5-10)16(14,15)13-8-2-1-3-9-13/h2,4-7H,1,3,8-9H2. The lowest BCUT2D eigenvalue weighted by atomic mass is 10.2. The van der Waals surface area contributed by atoms with Gasteiger partial charge in [-0.1, -0.05) is 11.6 Å². The van der Waals surface area contributed by atoms with Gasteiger partial charge < -0.3 is 0 Å². The fraction of sp³-hybridized carbons (Fsp3) is 0.364. The smallest absolute Gasteiger partial charge is 0.207 e.